The predicted molar refractivity (Wildman–Crippen MR) is 150 cm³/mol. The summed E-state index contributed by atoms with van der Waals surface area (Å²) in [5.74, 6) is -1.98. The third-order valence-corrected chi connectivity index (χ3v) is 7.29. The maximum absolute atomic E-state index is 14.5. The second-order valence-electron chi connectivity index (χ2n) is 9.95. The fourth-order valence-corrected chi connectivity index (χ4v) is 5.11. The van der Waals surface area contributed by atoms with Gasteiger partial charge >= 0.3 is 6.09 Å². The zero-order chi connectivity index (χ0) is 30.7. The highest BCUT2D eigenvalue weighted by atomic mass is 35.5. The van der Waals surface area contributed by atoms with Crippen LogP contribution in [0.1, 0.15) is 35.0 Å². The van der Waals surface area contributed by atoms with Crippen molar-refractivity contribution in [1.82, 2.24) is 25.1 Å². The Hall–Kier alpha value is -4.78. The summed E-state index contributed by atoms with van der Waals surface area (Å²) in [5, 5.41) is 5.43. The molecule has 2 unspecified atom stereocenters. The number of Topliss-reactive ketones (excluding diaryl/α,β-unsaturated/α-hetero) is 1. The van der Waals surface area contributed by atoms with Crippen molar-refractivity contribution in [3.05, 3.63) is 82.9 Å². The van der Waals surface area contributed by atoms with Gasteiger partial charge in [-0.05, 0) is 31.2 Å². The van der Waals surface area contributed by atoms with Crippen LogP contribution in [-0.2, 0) is 29.2 Å². The Kier molecular flexibility index (Phi) is 8.71. The number of halogens is 3. The molecule has 0 aliphatic carbocycles. The summed E-state index contributed by atoms with van der Waals surface area (Å²) in [6, 6.07) is 7.86. The number of rotatable bonds is 9. The lowest BCUT2D eigenvalue weighted by Crippen LogP contribution is -2.46. The number of amides is 3. The second kappa shape index (κ2) is 12.6. The van der Waals surface area contributed by atoms with Gasteiger partial charge in [0.1, 0.15) is 36.6 Å². The van der Waals surface area contributed by atoms with E-state index in [0.29, 0.717) is 16.6 Å². The molecule has 0 radical (unpaired) electrons. The van der Waals surface area contributed by atoms with Crippen LogP contribution in [-0.4, -0.2) is 56.9 Å². The van der Waals surface area contributed by atoms with Crippen LogP contribution in [0, 0.1) is 5.82 Å². The summed E-state index contributed by atoms with van der Waals surface area (Å²) in [6.45, 7) is 0.676. The van der Waals surface area contributed by atoms with E-state index in [-0.39, 0.29) is 60.3 Å². The quantitative estimate of drug-likeness (QED) is 0.271. The molecule has 5 rings (SSSR count). The number of aromatic nitrogens is 2. The minimum absolute atomic E-state index is 0.0848. The average molecular weight is 614 g/mol. The Labute approximate surface area is 248 Å². The number of hydrogen-bond donors (Lipinski definition) is 2. The number of nitrogens with zero attached hydrogens (tertiary/aromatic N) is 3. The molecule has 2 aromatic carbocycles. The van der Waals surface area contributed by atoms with Gasteiger partial charge in [-0.1, -0.05) is 23.7 Å². The van der Waals surface area contributed by atoms with Gasteiger partial charge in [0.15, 0.2) is 12.2 Å². The molecule has 43 heavy (non-hydrogen) atoms. The Bertz CT molecular complexity index is 1690. The first kappa shape index (κ1) is 29.7. The van der Waals surface area contributed by atoms with Crippen LogP contribution in [0.4, 0.5) is 13.6 Å². The van der Waals surface area contributed by atoms with Crippen LogP contribution in [0.2, 0.25) is 5.02 Å². The lowest BCUT2D eigenvalue weighted by atomic mass is 10.1. The minimum Gasteiger partial charge on any atom is -0.451 e. The van der Waals surface area contributed by atoms with Crippen molar-refractivity contribution in [2.45, 2.75) is 45.2 Å². The third-order valence-electron chi connectivity index (χ3n) is 7.00. The molecule has 0 spiro atoms. The number of nitrogens with one attached hydrogen (secondary N) is 2. The molecule has 224 valence electrons. The van der Waals surface area contributed by atoms with Crippen LogP contribution in [0.3, 0.4) is 0 Å². The SMILES string of the molecule is CC(=O)c1cn(CC(=O)N2CC(F)CC2C(=O)NCc2cccc(Cl)c2F)c2ccc(OC(=O)NCc3cocn3)cc12. The number of benzene rings is 2. The molecular weight excluding hydrogens is 588 g/mol. The van der Waals surface area contributed by atoms with Crippen molar-refractivity contribution >= 4 is 46.2 Å². The maximum Gasteiger partial charge on any atom is 0.412 e. The number of carbonyl (C=O) groups excluding carboxylic acids is 4. The van der Waals surface area contributed by atoms with Gasteiger partial charge in [0.05, 0.1) is 23.8 Å². The highest BCUT2D eigenvalue weighted by Crippen LogP contribution is 2.28. The number of ketones is 1. The van der Waals surface area contributed by atoms with Gasteiger partial charge in [0, 0.05) is 41.2 Å². The number of oxazole rings is 1. The molecule has 11 nitrogen and oxygen atoms in total. The summed E-state index contributed by atoms with van der Waals surface area (Å²) in [6.07, 6.45) is 1.71. The number of carbonyl (C=O) groups is 4. The first-order valence-corrected chi connectivity index (χ1v) is 13.6. The topological polar surface area (TPSA) is 136 Å². The summed E-state index contributed by atoms with van der Waals surface area (Å²) < 4.78 is 40.4. The van der Waals surface area contributed by atoms with E-state index in [1.807, 2.05) is 0 Å². The van der Waals surface area contributed by atoms with E-state index in [1.54, 1.807) is 6.07 Å². The van der Waals surface area contributed by atoms with E-state index in [1.165, 1.54) is 60.7 Å². The molecule has 2 atom stereocenters. The highest BCUT2D eigenvalue weighted by molar-refractivity contribution is 6.30. The van der Waals surface area contributed by atoms with E-state index < -0.39 is 35.9 Å². The standard InChI is InChI=1S/C29H26ClF2N5O6/c1-16(38)22-12-36(24-6-5-20(8-21(22)24)43-29(41)34-10-19-14-42-15-35-19)13-26(39)37-11-18(31)7-25(37)28(40)33-9-17-3-2-4-23(30)27(17)32/h2-6,8,12,14-15,18,25H,7,9-11,13H2,1H3,(H,33,40)(H,34,41). The molecule has 2 aromatic heterocycles. The zero-order valence-corrected chi connectivity index (χ0v) is 23.6. The summed E-state index contributed by atoms with van der Waals surface area (Å²) in [5.41, 5.74) is 1.42. The molecule has 3 amide bonds. The van der Waals surface area contributed by atoms with Gasteiger partial charge in [-0.3, -0.25) is 14.4 Å². The van der Waals surface area contributed by atoms with Crippen LogP contribution in [0.15, 0.2) is 59.7 Å². The minimum atomic E-state index is -1.42. The fourth-order valence-electron chi connectivity index (χ4n) is 4.91. The number of ether oxygens (including phenoxy) is 1. The van der Waals surface area contributed by atoms with Gasteiger partial charge in [-0.2, -0.15) is 0 Å². The van der Waals surface area contributed by atoms with E-state index in [2.05, 4.69) is 15.6 Å². The highest BCUT2D eigenvalue weighted by Gasteiger charge is 2.39. The molecule has 1 aliphatic rings. The molecule has 1 saturated heterocycles. The third kappa shape index (κ3) is 6.67. The molecule has 0 bridgehead atoms. The number of fused-ring (bicyclic) bond motifs is 1. The van der Waals surface area contributed by atoms with E-state index >= 15 is 0 Å². The Morgan fingerprint density at radius 2 is 1.98 bits per heavy atom. The summed E-state index contributed by atoms with van der Waals surface area (Å²) in [4.78, 5) is 56.0. The van der Waals surface area contributed by atoms with Crippen LogP contribution in [0.25, 0.3) is 10.9 Å². The lowest BCUT2D eigenvalue weighted by Gasteiger charge is -2.24. The fraction of sp³-hybridized carbons (Fsp3) is 0.276. The smallest absolute Gasteiger partial charge is 0.412 e. The van der Waals surface area contributed by atoms with E-state index in [4.69, 9.17) is 20.8 Å². The normalized spacial score (nSPS) is 16.3. The van der Waals surface area contributed by atoms with Gasteiger partial charge < -0.3 is 29.3 Å². The Morgan fingerprint density at radius 1 is 1.16 bits per heavy atom. The molecule has 0 saturated carbocycles. The van der Waals surface area contributed by atoms with Gasteiger partial charge in [-0.25, -0.2) is 18.6 Å². The molecule has 4 aromatic rings. The van der Waals surface area contributed by atoms with E-state index in [9.17, 15) is 28.0 Å². The summed E-state index contributed by atoms with van der Waals surface area (Å²) in [7, 11) is 0. The van der Waals surface area contributed by atoms with Gasteiger partial charge in [0.2, 0.25) is 11.8 Å². The Morgan fingerprint density at radius 3 is 2.72 bits per heavy atom. The molecule has 2 N–H and O–H groups in total. The van der Waals surface area contributed by atoms with Crippen molar-refractivity contribution in [1.29, 1.82) is 0 Å². The van der Waals surface area contributed by atoms with Crippen molar-refractivity contribution < 1.29 is 37.1 Å². The number of alkyl halides is 1. The predicted octanol–water partition coefficient (Wildman–Crippen LogP) is 4.17. The molecular formula is C29H26ClF2N5O6. The zero-order valence-electron chi connectivity index (χ0n) is 22.8. The maximum atomic E-state index is 14.5. The molecule has 14 heteroatoms. The van der Waals surface area contributed by atoms with Gasteiger partial charge in [0.25, 0.3) is 0 Å². The van der Waals surface area contributed by atoms with Crippen LogP contribution >= 0.6 is 11.6 Å². The van der Waals surface area contributed by atoms with Crippen molar-refractivity contribution in [2.24, 2.45) is 0 Å². The van der Waals surface area contributed by atoms with Gasteiger partial charge in [-0.15, -0.1) is 0 Å². The van der Waals surface area contributed by atoms with E-state index in [0.717, 1.165) is 4.90 Å². The first-order valence-electron chi connectivity index (χ1n) is 13.2. The monoisotopic (exact) mass is 613 g/mol. The molecule has 3 heterocycles. The lowest BCUT2D eigenvalue weighted by molar-refractivity contribution is -0.139. The Balaban J connectivity index is 1.29. The summed E-state index contributed by atoms with van der Waals surface area (Å²) >= 11 is 5.80. The first-order chi connectivity index (χ1) is 20.6. The average Bonchev–Trinajstić information content (AvgIpc) is 3.72. The molecule has 1 fully saturated rings. The van der Waals surface area contributed by atoms with Crippen LogP contribution < -0.4 is 15.4 Å². The van der Waals surface area contributed by atoms with Crippen LogP contribution in [0.5, 0.6) is 5.75 Å². The number of likely N-dealkylation sites (tertiary alicyclic amines) is 1. The molecule has 1 aliphatic heterocycles. The second-order valence-corrected chi connectivity index (χ2v) is 10.4. The largest absolute Gasteiger partial charge is 0.451 e. The van der Waals surface area contributed by atoms with Crippen molar-refractivity contribution in [3.8, 4) is 5.75 Å². The van der Waals surface area contributed by atoms with Crippen molar-refractivity contribution in [2.75, 3.05) is 6.54 Å². The number of hydrogen-bond acceptors (Lipinski definition) is 7. The van der Waals surface area contributed by atoms with Crippen molar-refractivity contribution in [3.63, 3.8) is 0 Å².